The zero-order valence-electron chi connectivity index (χ0n) is 14.3. The zero-order valence-corrected chi connectivity index (χ0v) is 16.0. The van der Waals surface area contributed by atoms with Gasteiger partial charge in [-0.15, -0.1) is 22.7 Å². The number of carbonyl (C=O) groups is 2. The van der Waals surface area contributed by atoms with Gasteiger partial charge in [-0.05, 0) is 47.7 Å². The third-order valence-electron chi connectivity index (χ3n) is 5.80. The van der Waals surface area contributed by atoms with Crippen LogP contribution in [0.3, 0.4) is 0 Å². The van der Waals surface area contributed by atoms with Crippen LogP contribution in [0.4, 0.5) is 0 Å². The van der Waals surface area contributed by atoms with Gasteiger partial charge in [0, 0.05) is 16.3 Å². The fourth-order valence-electron chi connectivity index (χ4n) is 4.49. The Labute approximate surface area is 160 Å². The monoisotopic (exact) mass is 384 g/mol. The van der Waals surface area contributed by atoms with Gasteiger partial charge in [0.15, 0.2) is 0 Å². The maximum Gasteiger partial charge on any atom is 0.234 e. The molecule has 4 heterocycles. The molecular weight excluding hydrogens is 364 g/mol. The number of fused-ring (bicyclic) bond motifs is 2. The normalized spacial score (nSPS) is 28.5. The molecule has 6 heteroatoms. The first-order valence-corrected chi connectivity index (χ1v) is 10.8. The van der Waals surface area contributed by atoms with Crippen molar-refractivity contribution in [3.63, 3.8) is 0 Å². The van der Waals surface area contributed by atoms with E-state index in [4.69, 9.17) is 0 Å². The average Bonchev–Trinajstić information content (AvgIpc) is 3.39. The molecule has 4 nitrogen and oxygen atoms in total. The van der Waals surface area contributed by atoms with Crippen molar-refractivity contribution in [1.29, 1.82) is 0 Å². The number of imide groups is 1. The predicted molar refractivity (Wildman–Crippen MR) is 103 cm³/mol. The molecule has 0 bridgehead atoms. The lowest BCUT2D eigenvalue weighted by Gasteiger charge is -2.37. The number of hydrogen-bond donors (Lipinski definition) is 0. The van der Waals surface area contributed by atoms with E-state index in [1.165, 1.54) is 20.2 Å². The number of hydrogen-bond acceptors (Lipinski definition) is 5. The molecule has 0 spiro atoms. The molecule has 134 valence electrons. The Hall–Kier alpha value is -1.76. The van der Waals surface area contributed by atoms with Crippen molar-refractivity contribution in [2.24, 2.45) is 11.8 Å². The molecule has 3 atom stereocenters. The van der Waals surface area contributed by atoms with Crippen LogP contribution in [0, 0.1) is 11.8 Å². The molecule has 26 heavy (non-hydrogen) atoms. The number of likely N-dealkylation sites (tertiary alicyclic amines) is 1. The molecule has 2 aromatic heterocycles. The van der Waals surface area contributed by atoms with Crippen molar-refractivity contribution in [2.75, 3.05) is 13.2 Å². The predicted octanol–water partition coefficient (Wildman–Crippen LogP) is 3.67. The minimum atomic E-state index is -0.144. The van der Waals surface area contributed by atoms with Crippen LogP contribution in [0.15, 0.2) is 41.1 Å². The Morgan fingerprint density at radius 3 is 2.46 bits per heavy atom. The Kier molecular flexibility index (Phi) is 4.07. The van der Waals surface area contributed by atoms with Gasteiger partial charge in [-0.3, -0.25) is 19.4 Å². The Morgan fingerprint density at radius 1 is 1.00 bits per heavy atom. The maximum atomic E-state index is 12.9. The largest absolute Gasteiger partial charge is 0.274 e. The van der Waals surface area contributed by atoms with Crippen molar-refractivity contribution >= 4 is 34.5 Å². The molecule has 0 saturated carbocycles. The standard InChI is InChI=1S/C20H20N2O2S2/c23-19-13-4-1-2-5-14(13)20(24)22(19)12-21-9-7-16-15(8-11-26-16)18(21)17-6-3-10-25-17/h1-3,6,8,10-11,13-14,18H,4-5,7,9,12H2. The molecule has 1 saturated heterocycles. The van der Waals surface area contributed by atoms with E-state index in [-0.39, 0.29) is 29.7 Å². The molecule has 0 aromatic carbocycles. The van der Waals surface area contributed by atoms with Gasteiger partial charge < -0.3 is 0 Å². The van der Waals surface area contributed by atoms with Crippen LogP contribution in [-0.4, -0.2) is 34.8 Å². The summed E-state index contributed by atoms with van der Waals surface area (Å²) >= 11 is 3.56. The summed E-state index contributed by atoms with van der Waals surface area (Å²) in [6.45, 7) is 1.28. The van der Waals surface area contributed by atoms with E-state index in [0.717, 1.165) is 13.0 Å². The highest BCUT2D eigenvalue weighted by Gasteiger charge is 2.48. The maximum absolute atomic E-state index is 12.9. The molecule has 5 rings (SSSR count). The second kappa shape index (κ2) is 6.44. The van der Waals surface area contributed by atoms with E-state index in [2.05, 4.69) is 33.9 Å². The van der Waals surface area contributed by atoms with Crippen LogP contribution in [0.25, 0.3) is 0 Å². The summed E-state index contributed by atoms with van der Waals surface area (Å²) in [5.74, 6) is -0.251. The summed E-state index contributed by atoms with van der Waals surface area (Å²) in [6, 6.07) is 6.58. The van der Waals surface area contributed by atoms with Gasteiger partial charge in [0.1, 0.15) is 0 Å². The fraction of sp³-hybridized carbons (Fsp3) is 0.400. The molecule has 2 aromatic rings. The third-order valence-corrected chi connectivity index (χ3v) is 7.72. The van der Waals surface area contributed by atoms with Gasteiger partial charge in [-0.2, -0.15) is 0 Å². The van der Waals surface area contributed by atoms with Crippen LogP contribution >= 0.6 is 22.7 Å². The van der Waals surface area contributed by atoms with E-state index >= 15 is 0 Å². The molecule has 3 unspecified atom stereocenters. The number of carbonyl (C=O) groups excluding carboxylic acids is 2. The highest BCUT2D eigenvalue weighted by molar-refractivity contribution is 7.10. The van der Waals surface area contributed by atoms with Crippen molar-refractivity contribution in [3.05, 3.63) is 56.4 Å². The summed E-state index contributed by atoms with van der Waals surface area (Å²) in [7, 11) is 0. The number of allylic oxidation sites excluding steroid dienone is 2. The second-order valence-electron chi connectivity index (χ2n) is 7.18. The van der Waals surface area contributed by atoms with Crippen LogP contribution in [0.5, 0.6) is 0 Å². The van der Waals surface area contributed by atoms with Crippen molar-refractivity contribution in [3.8, 4) is 0 Å². The molecular formula is C20H20N2O2S2. The first kappa shape index (κ1) is 16.4. The SMILES string of the molecule is O=C1C2CC=CCC2C(=O)N1CN1CCc2sccc2C1c1cccs1. The zero-order chi connectivity index (χ0) is 17.7. The van der Waals surface area contributed by atoms with Gasteiger partial charge in [0.2, 0.25) is 11.8 Å². The lowest BCUT2D eigenvalue weighted by atomic mass is 9.85. The van der Waals surface area contributed by atoms with E-state index in [0.29, 0.717) is 19.5 Å². The van der Waals surface area contributed by atoms with E-state index in [1.54, 1.807) is 11.3 Å². The summed E-state index contributed by atoms with van der Waals surface area (Å²) in [5, 5.41) is 4.25. The van der Waals surface area contributed by atoms with Crippen LogP contribution in [-0.2, 0) is 16.0 Å². The van der Waals surface area contributed by atoms with Crippen LogP contribution in [0.1, 0.15) is 34.2 Å². The first-order valence-electron chi connectivity index (χ1n) is 9.08. The lowest BCUT2D eigenvalue weighted by molar-refractivity contribution is -0.142. The number of rotatable bonds is 3. The molecule has 0 radical (unpaired) electrons. The Balaban J connectivity index is 1.45. The van der Waals surface area contributed by atoms with Gasteiger partial charge in [-0.25, -0.2) is 0 Å². The molecule has 2 aliphatic heterocycles. The smallest absolute Gasteiger partial charge is 0.234 e. The topological polar surface area (TPSA) is 40.6 Å². The summed E-state index contributed by atoms with van der Waals surface area (Å²) in [6.07, 6.45) is 6.48. The van der Waals surface area contributed by atoms with Crippen LogP contribution in [0.2, 0.25) is 0 Å². The molecule has 0 N–H and O–H groups in total. The van der Waals surface area contributed by atoms with E-state index in [1.807, 2.05) is 23.5 Å². The lowest BCUT2D eigenvalue weighted by Crippen LogP contribution is -2.45. The van der Waals surface area contributed by atoms with Crippen molar-refractivity contribution in [2.45, 2.75) is 25.3 Å². The van der Waals surface area contributed by atoms with Gasteiger partial charge in [0.05, 0.1) is 24.5 Å². The Bertz CT molecular complexity index is 844. The number of amides is 2. The van der Waals surface area contributed by atoms with Gasteiger partial charge >= 0.3 is 0 Å². The molecule has 2 amide bonds. The number of thiophene rings is 2. The second-order valence-corrected chi connectivity index (χ2v) is 9.16. The van der Waals surface area contributed by atoms with Crippen LogP contribution < -0.4 is 0 Å². The quantitative estimate of drug-likeness (QED) is 0.599. The third kappa shape index (κ3) is 2.51. The van der Waals surface area contributed by atoms with Crippen molar-refractivity contribution < 1.29 is 9.59 Å². The molecule has 3 aliphatic rings. The first-order chi connectivity index (χ1) is 12.7. The summed E-state index contributed by atoms with van der Waals surface area (Å²) in [5.41, 5.74) is 1.34. The van der Waals surface area contributed by atoms with Gasteiger partial charge in [0.25, 0.3) is 0 Å². The Morgan fingerprint density at radius 2 is 1.77 bits per heavy atom. The van der Waals surface area contributed by atoms with Gasteiger partial charge in [-0.1, -0.05) is 18.2 Å². The molecule has 1 aliphatic carbocycles. The average molecular weight is 385 g/mol. The number of nitrogens with zero attached hydrogens (tertiary/aromatic N) is 2. The highest BCUT2D eigenvalue weighted by atomic mass is 32.1. The minimum absolute atomic E-state index is 0.0189. The van der Waals surface area contributed by atoms with E-state index < -0.39 is 0 Å². The van der Waals surface area contributed by atoms with Crippen molar-refractivity contribution in [1.82, 2.24) is 9.80 Å². The minimum Gasteiger partial charge on any atom is -0.274 e. The van der Waals surface area contributed by atoms with E-state index in [9.17, 15) is 9.59 Å². The summed E-state index contributed by atoms with van der Waals surface area (Å²) in [4.78, 5) is 32.3. The summed E-state index contributed by atoms with van der Waals surface area (Å²) < 4.78 is 0. The highest BCUT2D eigenvalue weighted by Crippen LogP contribution is 2.41. The molecule has 1 fully saturated rings. The fourth-order valence-corrected chi connectivity index (χ4v) is 6.27.